The molecule has 17 heavy (non-hydrogen) atoms. The van der Waals surface area contributed by atoms with Crippen LogP contribution in [0.25, 0.3) is 0 Å². The van der Waals surface area contributed by atoms with Gasteiger partial charge in [-0.3, -0.25) is 4.57 Å². The van der Waals surface area contributed by atoms with E-state index >= 15 is 0 Å². The van der Waals surface area contributed by atoms with Crippen molar-refractivity contribution < 1.29 is 13.6 Å². The molecule has 0 aromatic heterocycles. The number of unbranched alkanes of at least 4 members (excludes halogenated alkanes) is 1. The Hall–Kier alpha value is -0.330. The molecule has 0 aromatic carbocycles. The molecular weight excluding hydrogens is 235 g/mol. The highest BCUT2D eigenvalue weighted by Crippen LogP contribution is 2.57. The Labute approximate surface area is 105 Å². The van der Waals surface area contributed by atoms with Crippen LogP contribution in [0.5, 0.6) is 0 Å². The molecule has 100 valence electrons. The third-order valence-corrected chi connectivity index (χ3v) is 4.38. The van der Waals surface area contributed by atoms with E-state index in [1.165, 1.54) is 0 Å². The molecule has 0 radical (unpaired) electrons. The molecule has 0 amide bonds. The molecule has 0 aliphatic rings. The number of allylic oxidation sites excluding steroid dienone is 1. The van der Waals surface area contributed by atoms with Crippen molar-refractivity contribution in [3.63, 3.8) is 0 Å². The monoisotopic (exact) mass is 260 g/mol. The van der Waals surface area contributed by atoms with Crippen LogP contribution in [0.2, 0.25) is 0 Å². The van der Waals surface area contributed by atoms with Gasteiger partial charge in [0.25, 0.3) is 0 Å². The van der Waals surface area contributed by atoms with Gasteiger partial charge in [-0.05, 0) is 39.2 Å². The Kier molecular flexibility index (Phi) is 9.49. The van der Waals surface area contributed by atoms with E-state index in [1.807, 2.05) is 26.8 Å². The molecule has 0 heterocycles. The molecule has 0 saturated heterocycles. The van der Waals surface area contributed by atoms with Crippen LogP contribution in [0, 0.1) is 0 Å². The molecule has 0 fully saturated rings. The second-order valence-corrected chi connectivity index (χ2v) is 5.69. The first-order valence-corrected chi connectivity index (χ1v) is 8.02. The van der Waals surface area contributed by atoms with Gasteiger partial charge >= 0.3 is 7.60 Å². The Morgan fingerprint density at radius 2 is 1.76 bits per heavy atom. The largest absolute Gasteiger partial charge is 0.364 e. The van der Waals surface area contributed by atoms with Crippen LogP contribution in [0.4, 0.5) is 0 Å². The molecule has 3 nitrogen and oxygen atoms in total. The minimum Gasteiger partial charge on any atom is -0.305 e. The second-order valence-electron chi connectivity index (χ2n) is 3.64. The highest BCUT2D eigenvalue weighted by Gasteiger charge is 2.28. The van der Waals surface area contributed by atoms with Crippen molar-refractivity contribution in [2.45, 2.75) is 53.4 Å². The van der Waals surface area contributed by atoms with Crippen molar-refractivity contribution in [2.24, 2.45) is 0 Å². The quantitative estimate of drug-likeness (QED) is 0.437. The lowest BCUT2D eigenvalue weighted by molar-refractivity contribution is 0.225. The predicted octanol–water partition coefficient (Wildman–Crippen LogP) is 4.89. The van der Waals surface area contributed by atoms with Gasteiger partial charge in [0.1, 0.15) is 0 Å². The van der Waals surface area contributed by atoms with Gasteiger partial charge in [-0.15, -0.1) is 5.73 Å². The second kappa shape index (κ2) is 9.67. The van der Waals surface area contributed by atoms with E-state index in [2.05, 4.69) is 12.7 Å². The molecule has 0 aliphatic heterocycles. The summed E-state index contributed by atoms with van der Waals surface area (Å²) in [6.07, 6.45) is 5.51. The van der Waals surface area contributed by atoms with Gasteiger partial charge < -0.3 is 9.05 Å². The zero-order valence-electron chi connectivity index (χ0n) is 11.5. The third-order valence-electron chi connectivity index (χ3n) is 2.17. The van der Waals surface area contributed by atoms with Gasteiger partial charge in [0.2, 0.25) is 0 Å². The lowest BCUT2D eigenvalue weighted by Gasteiger charge is -2.18. The van der Waals surface area contributed by atoms with E-state index in [4.69, 9.17) is 9.05 Å². The van der Waals surface area contributed by atoms with Crippen LogP contribution >= 0.6 is 7.60 Å². The zero-order valence-corrected chi connectivity index (χ0v) is 12.4. The summed E-state index contributed by atoms with van der Waals surface area (Å²) in [4.78, 5) is 0. The lowest BCUT2D eigenvalue weighted by atomic mass is 10.2. The summed E-state index contributed by atoms with van der Waals surface area (Å²) in [7, 11) is -3.11. The molecule has 0 unspecified atom stereocenters. The number of hydrogen-bond donors (Lipinski definition) is 0. The average molecular weight is 260 g/mol. The van der Waals surface area contributed by atoms with Crippen LogP contribution in [0.15, 0.2) is 17.1 Å². The normalized spacial score (nSPS) is 11.1. The van der Waals surface area contributed by atoms with Gasteiger partial charge in [0.15, 0.2) is 0 Å². The van der Waals surface area contributed by atoms with Crippen LogP contribution in [-0.4, -0.2) is 13.2 Å². The third kappa shape index (κ3) is 6.24. The van der Waals surface area contributed by atoms with Crippen molar-refractivity contribution in [2.75, 3.05) is 13.2 Å². The minimum absolute atomic E-state index is 0.390. The van der Waals surface area contributed by atoms with Gasteiger partial charge in [0.05, 0.1) is 18.5 Å². The minimum atomic E-state index is -3.11. The summed E-state index contributed by atoms with van der Waals surface area (Å²) in [5.74, 6) is 0. The molecule has 0 spiro atoms. The highest BCUT2D eigenvalue weighted by atomic mass is 31.2. The fraction of sp³-hybridized carbons (Fsp3) is 0.769. The molecule has 0 rings (SSSR count). The molecule has 0 atom stereocenters. The summed E-state index contributed by atoms with van der Waals surface area (Å²) < 4.78 is 23.2. The van der Waals surface area contributed by atoms with Gasteiger partial charge in [-0.1, -0.05) is 20.3 Å². The first-order chi connectivity index (χ1) is 8.14. The van der Waals surface area contributed by atoms with Crippen molar-refractivity contribution in [3.05, 3.63) is 17.1 Å². The maximum atomic E-state index is 12.6. The van der Waals surface area contributed by atoms with E-state index in [-0.39, 0.29) is 0 Å². The molecule has 0 bridgehead atoms. The maximum Gasteiger partial charge on any atom is 0.364 e. The average Bonchev–Trinajstić information content (AvgIpc) is 2.29. The summed E-state index contributed by atoms with van der Waals surface area (Å²) in [5.41, 5.74) is 3.09. The number of rotatable bonds is 9. The van der Waals surface area contributed by atoms with E-state index in [1.54, 1.807) is 0 Å². The van der Waals surface area contributed by atoms with Crippen molar-refractivity contribution in [1.82, 2.24) is 0 Å². The van der Waals surface area contributed by atoms with Crippen LogP contribution in [0.1, 0.15) is 53.4 Å². The number of hydrogen-bond acceptors (Lipinski definition) is 3. The van der Waals surface area contributed by atoms with E-state index < -0.39 is 7.60 Å². The highest BCUT2D eigenvalue weighted by molar-refractivity contribution is 7.58. The molecule has 4 heteroatoms. The molecule has 0 aliphatic carbocycles. The summed E-state index contributed by atoms with van der Waals surface area (Å²) in [5, 5.41) is 0.685. The Morgan fingerprint density at radius 1 is 1.18 bits per heavy atom. The molecule has 0 saturated carbocycles. The van der Waals surface area contributed by atoms with E-state index in [9.17, 15) is 4.57 Å². The van der Waals surface area contributed by atoms with E-state index in [0.29, 0.717) is 18.5 Å². The fourth-order valence-corrected chi connectivity index (χ4v) is 3.13. The first-order valence-electron chi connectivity index (χ1n) is 6.48. The van der Waals surface area contributed by atoms with Gasteiger partial charge in [-0.2, -0.15) is 0 Å². The Balaban J connectivity index is 5.07. The Bertz CT molecular complexity index is 294. The Morgan fingerprint density at radius 3 is 2.18 bits per heavy atom. The summed E-state index contributed by atoms with van der Waals surface area (Å²) in [6, 6.07) is 0. The SMILES string of the molecule is CCC=C=C(CCCC)P(=O)(OCC)OCC. The summed E-state index contributed by atoms with van der Waals surface area (Å²) >= 11 is 0. The van der Waals surface area contributed by atoms with Crippen LogP contribution in [-0.2, 0) is 13.6 Å². The van der Waals surface area contributed by atoms with Crippen LogP contribution < -0.4 is 0 Å². The van der Waals surface area contributed by atoms with E-state index in [0.717, 1.165) is 25.7 Å². The van der Waals surface area contributed by atoms with Crippen LogP contribution in [0.3, 0.4) is 0 Å². The topological polar surface area (TPSA) is 35.5 Å². The smallest absolute Gasteiger partial charge is 0.305 e. The molecule has 0 aromatic rings. The standard InChI is InChI=1S/C13H25O3P/c1-5-9-11-13(12-10-6-2)17(14,15-7-3)16-8-4/h9H,5-8,10,12H2,1-4H3. The zero-order chi connectivity index (χ0) is 13.1. The first kappa shape index (κ1) is 16.7. The van der Waals surface area contributed by atoms with Crippen molar-refractivity contribution >= 4 is 7.60 Å². The maximum absolute atomic E-state index is 12.6. The van der Waals surface area contributed by atoms with Gasteiger partial charge in [-0.25, -0.2) is 0 Å². The van der Waals surface area contributed by atoms with Crippen molar-refractivity contribution in [1.29, 1.82) is 0 Å². The lowest BCUT2D eigenvalue weighted by Crippen LogP contribution is -1.98. The van der Waals surface area contributed by atoms with Crippen molar-refractivity contribution in [3.8, 4) is 0 Å². The fourth-order valence-electron chi connectivity index (χ4n) is 1.39. The van der Waals surface area contributed by atoms with Gasteiger partial charge in [0, 0.05) is 0 Å². The predicted molar refractivity (Wildman–Crippen MR) is 72.3 cm³/mol. The summed E-state index contributed by atoms with van der Waals surface area (Å²) in [6.45, 7) is 8.56. The molecular formula is C13H25O3P. The molecule has 0 N–H and O–H groups in total.